The van der Waals surface area contributed by atoms with Crippen LogP contribution in [0.1, 0.15) is 30.0 Å². The predicted octanol–water partition coefficient (Wildman–Crippen LogP) is 5.43. The van der Waals surface area contributed by atoms with Gasteiger partial charge in [-0.2, -0.15) is 0 Å². The Labute approximate surface area is 177 Å². The summed E-state index contributed by atoms with van der Waals surface area (Å²) in [5, 5.41) is 4.06. The summed E-state index contributed by atoms with van der Waals surface area (Å²) in [6.45, 7) is 3.42. The van der Waals surface area contributed by atoms with Gasteiger partial charge in [0.05, 0.1) is 7.11 Å². The van der Waals surface area contributed by atoms with E-state index >= 15 is 0 Å². The van der Waals surface area contributed by atoms with E-state index in [4.69, 9.17) is 21.1 Å². The molecule has 5 heteroatoms. The maximum absolute atomic E-state index is 5.89. The molecule has 0 saturated heterocycles. The molecular weight excluding hydrogens is 384 g/mol. The van der Waals surface area contributed by atoms with E-state index in [0.29, 0.717) is 23.6 Å². The van der Waals surface area contributed by atoms with Crippen molar-refractivity contribution in [1.82, 2.24) is 10.3 Å². The summed E-state index contributed by atoms with van der Waals surface area (Å²) >= 11 is 5.82. The molecule has 1 atom stereocenters. The molecule has 0 aliphatic rings. The van der Waals surface area contributed by atoms with Crippen LogP contribution in [0.4, 0.5) is 0 Å². The maximum atomic E-state index is 5.89. The molecule has 1 heterocycles. The highest BCUT2D eigenvalue weighted by molar-refractivity contribution is 6.29. The number of methoxy groups -OCH3 is 1. The van der Waals surface area contributed by atoms with E-state index in [1.807, 2.05) is 18.2 Å². The molecular formula is C24H27ClN2O2. The molecule has 0 spiro atoms. The molecule has 0 aliphatic carbocycles. The van der Waals surface area contributed by atoms with Gasteiger partial charge < -0.3 is 14.8 Å². The molecule has 3 aromatic rings. The lowest BCUT2D eigenvalue weighted by Gasteiger charge is -2.16. The first-order valence-corrected chi connectivity index (χ1v) is 10.2. The van der Waals surface area contributed by atoms with Crippen molar-refractivity contribution >= 4 is 11.6 Å². The summed E-state index contributed by atoms with van der Waals surface area (Å²) in [7, 11) is 1.66. The highest BCUT2D eigenvalue weighted by Gasteiger charge is 2.08. The van der Waals surface area contributed by atoms with E-state index < -0.39 is 0 Å². The first-order valence-electron chi connectivity index (χ1n) is 9.81. The molecule has 3 rings (SSSR count). The van der Waals surface area contributed by atoms with Crippen LogP contribution in [0.5, 0.6) is 11.5 Å². The third-order valence-corrected chi connectivity index (χ3v) is 5.00. The zero-order chi connectivity index (χ0) is 20.5. The molecule has 0 radical (unpaired) electrons. The quantitative estimate of drug-likeness (QED) is 0.452. The number of aryl methyl sites for hydroxylation is 1. The van der Waals surface area contributed by atoms with Crippen LogP contribution in [0.25, 0.3) is 0 Å². The van der Waals surface area contributed by atoms with Crippen molar-refractivity contribution in [2.75, 3.05) is 7.11 Å². The van der Waals surface area contributed by atoms with Crippen molar-refractivity contribution < 1.29 is 9.47 Å². The summed E-state index contributed by atoms with van der Waals surface area (Å²) < 4.78 is 11.4. The first-order chi connectivity index (χ1) is 14.1. The van der Waals surface area contributed by atoms with Crippen LogP contribution in [0.3, 0.4) is 0 Å². The second-order valence-electron chi connectivity index (χ2n) is 7.07. The summed E-state index contributed by atoms with van der Waals surface area (Å²) in [6, 6.07) is 20.7. The number of nitrogens with zero attached hydrogens (tertiary/aromatic N) is 1. The smallest absolute Gasteiger partial charge is 0.161 e. The third kappa shape index (κ3) is 6.77. The largest absolute Gasteiger partial charge is 0.493 e. The van der Waals surface area contributed by atoms with Crippen LogP contribution in [0.15, 0.2) is 66.9 Å². The predicted molar refractivity (Wildman–Crippen MR) is 118 cm³/mol. The molecule has 0 saturated carbocycles. The molecule has 1 aromatic heterocycles. The van der Waals surface area contributed by atoms with Crippen molar-refractivity contribution in [3.63, 3.8) is 0 Å². The van der Waals surface area contributed by atoms with E-state index in [1.54, 1.807) is 19.4 Å². The van der Waals surface area contributed by atoms with E-state index in [1.165, 1.54) is 5.56 Å². The maximum Gasteiger partial charge on any atom is 0.161 e. The fourth-order valence-electron chi connectivity index (χ4n) is 3.02. The molecule has 0 aliphatic heterocycles. The Kier molecular flexibility index (Phi) is 7.91. The van der Waals surface area contributed by atoms with Gasteiger partial charge in [0.1, 0.15) is 11.8 Å². The lowest BCUT2D eigenvalue weighted by atomic mass is 10.1. The van der Waals surface area contributed by atoms with E-state index in [2.05, 4.69) is 53.6 Å². The van der Waals surface area contributed by atoms with E-state index in [-0.39, 0.29) is 0 Å². The Bertz CT molecular complexity index is 885. The van der Waals surface area contributed by atoms with E-state index in [9.17, 15) is 0 Å². The molecule has 0 amide bonds. The fraction of sp³-hybridized carbons (Fsp3) is 0.292. The third-order valence-electron chi connectivity index (χ3n) is 4.77. The number of benzene rings is 2. The molecule has 0 fully saturated rings. The van der Waals surface area contributed by atoms with Gasteiger partial charge in [-0.25, -0.2) is 4.98 Å². The summed E-state index contributed by atoms with van der Waals surface area (Å²) in [4.78, 5) is 4.07. The van der Waals surface area contributed by atoms with Crippen LogP contribution in [-0.4, -0.2) is 18.1 Å². The Morgan fingerprint density at radius 1 is 0.966 bits per heavy atom. The second-order valence-corrected chi connectivity index (χ2v) is 7.46. The minimum atomic E-state index is 0.411. The number of hydrogen-bond donors (Lipinski definition) is 1. The van der Waals surface area contributed by atoms with Crippen molar-refractivity contribution in [1.29, 1.82) is 0 Å². The standard InChI is InChI=1S/C24H27ClN2O2/c1-18(8-9-19-6-4-3-5-7-19)26-15-20-10-12-22(23(14-20)28-2)29-17-21-11-13-24(25)27-16-21/h3-7,10-14,16,18,26H,8-9,15,17H2,1-2H3/t18-/m1/s1. The van der Waals surface area contributed by atoms with Crippen molar-refractivity contribution in [3.8, 4) is 11.5 Å². The van der Waals surface area contributed by atoms with Crippen LogP contribution in [-0.2, 0) is 19.6 Å². The molecule has 29 heavy (non-hydrogen) atoms. The average Bonchev–Trinajstić information content (AvgIpc) is 2.76. The van der Waals surface area contributed by atoms with Gasteiger partial charge >= 0.3 is 0 Å². The normalized spacial score (nSPS) is 11.8. The molecule has 1 N–H and O–H groups in total. The van der Waals surface area contributed by atoms with Crippen LogP contribution >= 0.6 is 11.6 Å². The molecule has 2 aromatic carbocycles. The number of aromatic nitrogens is 1. The number of hydrogen-bond acceptors (Lipinski definition) is 4. The van der Waals surface area contributed by atoms with Crippen molar-refractivity contribution in [2.24, 2.45) is 0 Å². The van der Waals surface area contributed by atoms with Crippen LogP contribution in [0.2, 0.25) is 5.15 Å². The van der Waals surface area contributed by atoms with Crippen molar-refractivity contribution in [3.05, 3.63) is 88.7 Å². The minimum absolute atomic E-state index is 0.411. The Hall–Kier alpha value is -2.56. The zero-order valence-electron chi connectivity index (χ0n) is 16.9. The lowest BCUT2D eigenvalue weighted by Crippen LogP contribution is -2.26. The number of rotatable bonds is 10. The van der Waals surface area contributed by atoms with Gasteiger partial charge in [-0.15, -0.1) is 0 Å². The Morgan fingerprint density at radius 2 is 1.76 bits per heavy atom. The number of ether oxygens (including phenoxy) is 2. The van der Waals surface area contributed by atoms with Crippen LogP contribution in [0, 0.1) is 0 Å². The van der Waals surface area contributed by atoms with Gasteiger partial charge in [-0.3, -0.25) is 0 Å². The summed E-state index contributed by atoms with van der Waals surface area (Å²) in [5.41, 5.74) is 3.49. The van der Waals surface area contributed by atoms with Gasteiger partial charge in [0, 0.05) is 24.3 Å². The number of pyridine rings is 1. The summed E-state index contributed by atoms with van der Waals surface area (Å²) in [6.07, 6.45) is 3.88. The van der Waals surface area contributed by atoms with Gasteiger partial charge in [0.2, 0.25) is 0 Å². The van der Waals surface area contributed by atoms with Gasteiger partial charge in [-0.05, 0) is 49.1 Å². The average molecular weight is 411 g/mol. The number of nitrogens with one attached hydrogen (secondary N) is 1. The van der Waals surface area contributed by atoms with Crippen molar-refractivity contribution in [2.45, 2.75) is 39.0 Å². The fourth-order valence-corrected chi connectivity index (χ4v) is 3.13. The monoisotopic (exact) mass is 410 g/mol. The molecule has 4 nitrogen and oxygen atoms in total. The van der Waals surface area contributed by atoms with E-state index in [0.717, 1.165) is 36.3 Å². The zero-order valence-corrected chi connectivity index (χ0v) is 17.7. The minimum Gasteiger partial charge on any atom is -0.493 e. The summed E-state index contributed by atoms with van der Waals surface area (Å²) in [5.74, 6) is 1.44. The second kappa shape index (κ2) is 10.8. The molecule has 152 valence electrons. The first kappa shape index (κ1) is 21.2. The molecule has 0 bridgehead atoms. The topological polar surface area (TPSA) is 43.4 Å². The van der Waals surface area contributed by atoms with Crippen LogP contribution < -0.4 is 14.8 Å². The SMILES string of the molecule is COc1cc(CN[C@H](C)CCc2ccccc2)ccc1OCc1ccc(Cl)nc1. The van der Waals surface area contributed by atoms with Gasteiger partial charge in [-0.1, -0.05) is 54.1 Å². The Balaban J connectivity index is 1.50. The highest BCUT2D eigenvalue weighted by Crippen LogP contribution is 2.29. The lowest BCUT2D eigenvalue weighted by molar-refractivity contribution is 0.284. The molecule has 0 unspecified atom stereocenters. The highest BCUT2D eigenvalue weighted by atomic mass is 35.5. The number of halogens is 1. The van der Waals surface area contributed by atoms with Gasteiger partial charge in [0.15, 0.2) is 11.5 Å². The van der Waals surface area contributed by atoms with Gasteiger partial charge in [0.25, 0.3) is 0 Å². The Morgan fingerprint density at radius 3 is 2.48 bits per heavy atom.